The number of rotatable bonds is 6. The van der Waals surface area contributed by atoms with Crippen LogP contribution in [-0.2, 0) is 0 Å². The number of hydrogen-bond acceptors (Lipinski definition) is 7. The molecule has 0 radical (unpaired) electrons. The summed E-state index contributed by atoms with van der Waals surface area (Å²) in [6.45, 7) is -0.303. The van der Waals surface area contributed by atoms with E-state index in [0.717, 1.165) is 0 Å². The van der Waals surface area contributed by atoms with E-state index in [9.17, 15) is 27.7 Å². The van der Waals surface area contributed by atoms with Crippen LogP contribution in [0, 0.1) is 17.0 Å². The minimum Gasteiger partial charge on any atom is -0.358 e. The molecule has 0 spiro atoms. The van der Waals surface area contributed by atoms with Gasteiger partial charge in [0.05, 0.1) is 11.5 Å². The highest BCUT2D eigenvalue weighted by atomic mass is 19.3. The van der Waals surface area contributed by atoms with Gasteiger partial charge in [0.1, 0.15) is 5.69 Å². The smallest absolute Gasteiger partial charge is 0.332 e. The van der Waals surface area contributed by atoms with Crippen molar-refractivity contribution in [2.24, 2.45) is 5.84 Å². The largest absolute Gasteiger partial charge is 0.358 e. The number of nitro groups is 1. The Morgan fingerprint density at radius 2 is 2.05 bits per heavy atom. The molecule has 0 atom stereocenters. The van der Waals surface area contributed by atoms with E-state index in [1.54, 1.807) is 0 Å². The number of hydrogen-bond donors (Lipinski definition) is 3. The molecule has 1 aromatic heterocycles. The molecule has 12 heteroatoms. The summed E-state index contributed by atoms with van der Waals surface area (Å²) in [6, 6.07) is 0. The number of aromatic nitrogens is 2. The lowest BCUT2D eigenvalue weighted by atomic mass is 10.3. The third-order valence-electron chi connectivity index (χ3n) is 2.18. The second-order valence-corrected chi connectivity index (χ2v) is 3.65. The molecule has 0 saturated carbocycles. The number of anilines is 2. The van der Waals surface area contributed by atoms with Gasteiger partial charge in [-0.1, -0.05) is 0 Å². The molecule has 0 fully saturated rings. The highest BCUT2D eigenvalue weighted by molar-refractivity contribution is 5.60. The summed E-state index contributed by atoms with van der Waals surface area (Å²) in [5.41, 5.74) is 1.11. The molecule has 0 amide bonds. The average Bonchev–Trinajstić information content (AvgIpc) is 2.34. The molecule has 4 N–H and O–H groups in total. The van der Waals surface area contributed by atoms with Crippen LogP contribution >= 0.6 is 0 Å². The van der Waals surface area contributed by atoms with Gasteiger partial charge in [0, 0.05) is 0 Å². The zero-order chi connectivity index (χ0) is 15.5. The van der Waals surface area contributed by atoms with Gasteiger partial charge >= 0.3 is 18.0 Å². The molecule has 20 heavy (non-hydrogen) atoms. The molecule has 1 rings (SSSR count). The Hall–Kier alpha value is -2.24. The number of alkyl halides is 4. The summed E-state index contributed by atoms with van der Waals surface area (Å²) >= 11 is 0. The fraction of sp³-hybridized carbons (Fsp3) is 0.500. The zero-order valence-electron chi connectivity index (χ0n) is 10.0. The first-order valence-electron chi connectivity index (χ1n) is 5.08. The van der Waals surface area contributed by atoms with E-state index in [2.05, 4.69) is 9.97 Å². The maximum Gasteiger partial charge on any atom is 0.332 e. The average molecular weight is 298 g/mol. The number of hydrazine groups is 1. The molecule has 0 bridgehead atoms. The standard InChI is InChI=1S/C8H10F4N6O2/c1-3-4(18(19)20)5(16-7(15-3)17-13)14-2-8(11,12)6(9)10/h6H,2,13H2,1H3,(H2,14,15,16,17). The van der Waals surface area contributed by atoms with Crippen LogP contribution in [0.5, 0.6) is 0 Å². The normalized spacial score (nSPS) is 11.6. The molecule has 0 aromatic carbocycles. The first kappa shape index (κ1) is 15.8. The van der Waals surface area contributed by atoms with E-state index in [1.165, 1.54) is 6.92 Å². The van der Waals surface area contributed by atoms with Gasteiger partial charge in [0.2, 0.25) is 11.8 Å². The minimum absolute atomic E-state index is 0.166. The SMILES string of the molecule is Cc1nc(NN)nc(NCC(F)(F)C(F)F)c1[N+](=O)[O-]. The van der Waals surface area contributed by atoms with Crippen LogP contribution in [0.25, 0.3) is 0 Å². The van der Waals surface area contributed by atoms with Crippen molar-refractivity contribution in [3.05, 3.63) is 15.8 Å². The molecule has 8 nitrogen and oxygen atoms in total. The van der Waals surface area contributed by atoms with Crippen LogP contribution in [-0.4, -0.2) is 33.8 Å². The van der Waals surface area contributed by atoms with Crippen LogP contribution in [0.15, 0.2) is 0 Å². The monoisotopic (exact) mass is 298 g/mol. The predicted octanol–water partition coefficient (Wildman–Crippen LogP) is 1.29. The first-order valence-corrected chi connectivity index (χ1v) is 5.08. The Morgan fingerprint density at radius 1 is 1.45 bits per heavy atom. The van der Waals surface area contributed by atoms with Gasteiger partial charge in [0.25, 0.3) is 0 Å². The van der Waals surface area contributed by atoms with Crippen LogP contribution in [0.4, 0.5) is 35.0 Å². The van der Waals surface area contributed by atoms with Crippen LogP contribution in [0.1, 0.15) is 5.69 Å². The van der Waals surface area contributed by atoms with Gasteiger partial charge in [-0.05, 0) is 6.92 Å². The van der Waals surface area contributed by atoms with E-state index in [4.69, 9.17) is 5.84 Å². The zero-order valence-corrected chi connectivity index (χ0v) is 10.0. The fourth-order valence-corrected chi connectivity index (χ4v) is 1.25. The van der Waals surface area contributed by atoms with Crippen molar-refractivity contribution in [1.82, 2.24) is 9.97 Å². The Balaban J connectivity index is 3.10. The van der Waals surface area contributed by atoms with E-state index >= 15 is 0 Å². The van der Waals surface area contributed by atoms with Crippen molar-refractivity contribution in [2.75, 3.05) is 17.3 Å². The van der Waals surface area contributed by atoms with Crippen LogP contribution in [0.2, 0.25) is 0 Å². The van der Waals surface area contributed by atoms with E-state index in [1.807, 2.05) is 10.7 Å². The number of nitrogens with zero attached hydrogens (tertiary/aromatic N) is 3. The highest BCUT2D eigenvalue weighted by Crippen LogP contribution is 2.29. The molecule has 1 heterocycles. The number of nitrogens with one attached hydrogen (secondary N) is 2. The molecule has 0 aliphatic rings. The lowest BCUT2D eigenvalue weighted by Gasteiger charge is -2.16. The maximum absolute atomic E-state index is 12.8. The van der Waals surface area contributed by atoms with Gasteiger partial charge in [-0.3, -0.25) is 15.5 Å². The lowest BCUT2D eigenvalue weighted by Crippen LogP contribution is -2.35. The number of aryl methyl sites for hydroxylation is 1. The molecule has 0 saturated heterocycles. The second kappa shape index (κ2) is 5.81. The molecule has 112 valence electrons. The molecule has 0 aliphatic carbocycles. The van der Waals surface area contributed by atoms with E-state index < -0.39 is 35.3 Å². The molecule has 0 aliphatic heterocycles. The van der Waals surface area contributed by atoms with Gasteiger partial charge < -0.3 is 5.32 Å². The van der Waals surface area contributed by atoms with Crippen molar-refractivity contribution in [3.8, 4) is 0 Å². The summed E-state index contributed by atoms with van der Waals surface area (Å²) in [5, 5.41) is 12.6. The number of nitrogens with two attached hydrogens (primary N) is 1. The summed E-state index contributed by atoms with van der Waals surface area (Å²) in [5.74, 6) is -0.265. The van der Waals surface area contributed by atoms with Crippen molar-refractivity contribution in [1.29, 1.82) is 0 Å². The van der Waals surface area contributed by atoms with Crippen LogP contribution < -0.4 is 16.6 Å². The quantitative estimate of drug-likeness (QED) is 0.313. The van der Waals surface area contributed by atoms with E-state index in [-0.39, 0.29) is 11.6 Å². The summed E-state index contributed by atoms with van der Waals surface area (Å²) in [7, 11) is 0. The van der Waals surface area contributed by atoms with E-state index in [0.29, 0.717) is 0 Å². The van der Waals surface area contributed by atoms with Crippen molar-refractivity contribution in [2.45, 2.75) is 19.3 Å². The van der Waals surface area contributed by atoms with Crippen molar-refractivity contribution >= 4 is 17.5 Å². The Morgan fingerprint density at radius 3 is 2.50 bits per heavy atom. The Labute approximate surface area is 109 Å². The van der Waals surface area contributed by atoms with Crippen LogP contribution in [0.3, 0.4) is 0 Å². The molecule has 1 aromatic rings. The summed E-state index contributed by atoms with van der Waals surface area (Å²) in [6.07, 6.45) is -3.91. The molecule has 0 unspecified atom stereocenters. The molecular formula is C8H10F4N6O2. The number of halogens is 4. The summed E-state index contributed by atoms with van der Waals surface area (Å²) < 4.78 is 49.6. The predicted molar refractivity (Wildman–Crippen MR) is 60.7 cm³/mol. The third-order valence-corrected chi connectivity index (χ3v) is 2.18. The van der Waals surface area contributed by atoms with Gasteiger partial charge in [0.15, 0.2) is 0 Å². The topological polar surface area (TPSA) is 119 Å². The first-order chi connectivity index (χ1) is 9.19. The van der Waals surface area contributed by atoms with Crippen molar-refractivity contribution in [3.63, 3.8) is 0 Å². The minimum atomic E-state index is -4.36. The van der Waals surface area contributed by atoms with Gasteiger partial charge in [-0.15, -0.1) is 0 Å². The second-order valence-electron chi connectivity index (χ2n) is 3.65. The third kappa shape index (κ3) is 3.40. The van der Waals surface area contributed by atoms with Gasteiger partial charge in [-0.2, -0.15) is 13.8 Å². The highest BCUT2D eigenvalue weighted by Gasteiger charge is 2.41. The Kier molecular flexibility index (Phi) is 4.60. The lowest BCUT2D eigenvalue weighted by molar-refractivity contribution is -0.385. The molecular weight excluding hydrogens is 288 g/mol. The number of nitrogen functional groups attached to an aromatic ring is 1. The maximum atomic E-state index is 12.8. The summed E-state index contributed by atoms with van der Waals surface area (Å²) in [4.78, 5) is 16.9. The fourth-order valence-electron chi connectivity index (χ4n) is 1.25. The van der Waals surface area contributed by atoms with Crippen molar-refractivity contribution < 1.29 is 22.5 Å². The van der Waals surface area contributed by atoms with Gasteiger partial charge in [-0.25, -0.2) is 19.6 Å². The Bertz CT molecular complexity index is 512.